The minimum absolute atomic E-state index is 0.167. The van der Waals surface area contributed by atoms with E-state index < -0.39 is 0 Å². The van der Waals surface area contributed by atoms with E-state index in [0.29, 0.717) is 31.2 Å². The van der Waals surface area contributed by atoms with Gasteiger partial charge in [-0.1, -0.05) is 18.2 Å². The van der Waals surface area contributed by atoms with Gasteiger partial charge in [0.1, 0.15) is 6.61 Å². The normalized spacial score (nSPS) is 10.0. The van der Waals surface area contributed by atoms with E-state index in [9.17, 15) is 4.79 Å². The molecule has 0 fully saturated rings. The van der Waals surface area contributed by atoms with Crippen LogP contribution in [-0.2, 0) is 6.54 Å². The highest BCUT2D eigenvalue weighted by Crippen LogP contribution is 2.25. The fourth-order valence-corrected chi connectivity index (χ4v) is 1.94. The second-order valence-electron chi connectivity index (χ2n) is 4.90. The average molecular weight is 315 g/mol. The van der Waals surface area contributed by atoms with E-state index >= 15 is 0 Å². The molecule has 2 rings (SSSR count). The highest BCUT2D eigenvalue weighted by atomic mass is 16.5. The van der Waals surface area contributed by atoms with Gasteiger partial charge in [0.15, 0.2) is 11.5 Å². The van der Waals surface area contributed by atoms with Gasteiger partial charge in [-0.2, -0.15) is 0 Å². The summed E-state index contributed by atoms with van der Waals surface area (Å²) in [5.41, 5.74) is 0.819. The Morgan fingerprint density at radius 3 is 2.61 bits per heavy atom. The number of ether oxygens (including phenoxy) is 2. The van der Waals surface area contributed by atoms with Gasteiger partial charge in [0.2, 0.25) is 0 Å². The van der Waals surface area contributed by atoms with Crippen LogP contribution in [0.2, 0.25) is 0 Å². The van der Waals surface area contributed by atoms with E-state index in [-0.39, 0.29) is 6.03 Å². The summed E-state index contributed by atoms with van der Waals surface area (Å²) < 4.78 is 10.9. The maximum Gasteiger partial charge on any atom is 0.317 e. The lowest BCUT2D eigenvalue weighted by molar-refractivity contribution is 0.193. The van der Waals surface area contributed by atoms with Gasteiger partial charge in [0, 0.05) is 13.2 Å². The number of para-hydroxylation sites is 2. The number of methoxy groups -OCH3 is 1. The van der Waals surface area contributed by atoms with Crippen LogP contribution in [0.25, 0.3) is 0 Å². The van der Waals surface area contributed by atoms with Crippen molar-refractivity contribution in [1.82, 2.24) is 15.2 Å². The van der Waals surface area contributed by atoms with Crippen molar-refractivity contribution in [3.8, 4) is 11.5 Å². The lowest BCUT2D eigenvalue weighted by Crippen LogP contribution is -2.39. The zero-order valence-electron chi connectivity index (χ0n) is 13.4. The van der Waals surface area contributed by atoms with E-state index in [1.807, 2.05) is 42.5 Å². The van der Waals surface area contributed by atoms with E-state index in [0.717, 1.165) is 5.69 Å². The summed E-state index contributed by atoms with van der Waals surface area (Å²) in [6.07, 6.45) is 1.70. The number of pyridine rings is 1. The monoisotopic (exact) mass is 315 g/mol. The first kappa shape index (κ1) is 16.6. The molecule has 1 aromatic carbocycles. The molecule has 2 aromatic rings. The molecule has 0 aliphatic rings. The van der Waals surface area contributed by atoms with Crippen molar-refractivity contribution in [3.63, 3.8) is 0 Å². The number of rotatable bonds is 7. The van der Waals surface area contributed by atoms with Crippen molar-refractivity contribution in [2.24, 2.45) is 0 Å². The molecule has 6 nitrogen and oxygen atoms in total. The van der Waals surface area contributed by atoms with E-state index in [4.69, 9.17) is 9.47 Å². The Hall–Kier alpha value is -2.76. The predicted molar refractivity (Wildman–Crippen MR) is 87.6 cm³/mol. The Bertz CT molecular complexity index is 619. The lowest BCUT2D eigenvalue weighted by Gasteiger charge is -2.18. The number of carbonyl (C=O) groups is 1. The smallest absolute Gasteiger partial charge is 0.317 e. The SMILES string of the molecule is COc1ccccc1OCCN(C)C(=O)NCc1ccccn1. The number of carbonyl (C=O) groups excluding carboxylic acids is 1. The fraction of sp³-hybridized carbons (Fsp3) is 0.294. The van der Waals surface area contributed by atoms with Crippen LogP contribution in [0.1, 0.15) is 5.69 Å². The molecule has 0 spiro atoms. The lowest BCUT2D eigenvalue weighted by atomic mass is 10.3. The van der Waals surface area contributed by atoms with Gasteiger partial charge in [0.05, 0.1) is 25.9 Å². The summed E-state index contributed by atoms with van der Waals surface area (Å²) in [7, 11) is 3.32. The van der Waals surface area contributed by atoms with Crippen LogP contribution in [-0.4, -0.2) is 43.2 Å². The van der Waals surface area contributed by atoms with Crippen LogP contribution in [0.5, 0.6) is 11.5 Å². The number of aromatic nitrogens is 1. The summed E-state index contributed by atoms with van der Waals surface area (Å²) >= 11 is 0. The van der Waals surface area contributed by atoms with Gasteiger partial charge in [-0.25, -0.2) is 4.79 Å². The van der Waals surface area contributed by atoms with Crippen LogP contribution in [0.3, 0.4) is 0 Å². The largest absolute Gasteiger partial charge is 0.493 e. The van der Waals surface area contributed by atoms with Gasteiger partial charge >= 0.3 is 6.03 Å². The third kappa shape index (κ3) is 5.18. The van der Waals surface area contributed by atoms with Crippen molar-refractivity contribution in [2.45, 2.75) is 6.54 Å². The molecule has 1 heterocycles. The molecule has 0 aliphatic carbocycles. The third-order valence-electron chi connectivity index (χ3n) is 3.25. The molecule has 23 heavy (non-hydrogen) atoms. The van der Waals surface area contributed by atoms with E-state index in [1.54, 1.807) is 25.3 Å². The Balaban J connectivity index is 1.73. The maximum atomic E-state index is 12.0. The minimum Gasteiger partial charge on any atom is -0.493 e. The molecule has 0 saturated carbocycles. The quantitative estimate of drug-likeness (QED) is 0.851. The minimum atomic E-state index is -0.167. The summed E-state index contributed by atoms with van der Waals surface area (Å²) in [4.78, 5) is 17.7. The average Bonchev–Trinajstić information content (AvgIpc) is 2.60. The molecular weight excluding hydrogens is 294 g/mol. The Morgan fingerprint density at radius 1 is 1.17 bits per heavy atom. The molecule has 0 unspecified atom stereocenters. The van der Waals surface area contributed by atoms with Gasteiger partial charge in [-0.05, 0) is 24.3 Å². The number of hydrogen-bond acceptors (Lipinski definition) is 4. The fourth-order valence-electron chi connectivity index (χ4n) is 1.94. The molecule has 0 radical (unpaired) electrons. The number of nitrogens with zero attached hydrogens (tertiary/aromatic N) is 2. The summed E-state index contributed by atoms with van der Waals surface area (Å²) in [5, 5.41) is 2.81. The van der Waals surface area contributed by atoms with Gasteiger partial charge in [-0.15, -0.1) is 0 Å². The second-order valence-corrected chi connectivity index (χ2v) is 4.90. The number of likely N-dealkylation sites (N-methyl/N-ethyl adjacent to an activating group) is 1. The highest BCUT2D eigenvalue weighted by Gasteiger charge is 2.09. The first-order valence-corrected chi connectivity index (χ1v) is 7.35. The molecule has 0 bridgehead atoms. The van der Waals surface area contributed by atoms with E-state index in [1.165, 1.54) is 0 Å². The number of amides is 2. The molecule has 1 aromatic heterocycles. The van der Waals surface area contributed by atoms with Crippen LogP contribution >= 0.6 is 0 Å². The number of hydrogen-bond donors (Lipinski definition) is 1. The van der Waals surface area contributed by atoms with Gasteiger partial charge in [-0.3, -0.25) is 4.98 Å². The predicted octanol–water partition coefficient (Wildman–Crippen LogP) is 2.31. The first-order valence-electron chi connectivity index (χ1n) is 7.35. The Kier molecular flexibility index (Phi) is 6.23. The van der Waals surface area contributed by atoms with Gasteiger partial charge < -0.3 is 19.7 Å². The molecule has 122 valence electrons. The highest BCUT2D eigenvalue weighted by molar-refractivity contribution is 5.73. The number of urea groups is 1. The topological polar surface area (TPSA) is 63.7 Å². The van der Waals surface area contributed by atoms with Gasteiger partial charge in [0.25, 0.3) is 0 Å². The van der Waals surface area contributed by atoms with Crippen molar-refractivity contribution in [1.29, 1.82) is 0 Å². The molecule has 1 N–H and O–H groups in total. The summed E-state index contributed by atoms with van der Waals surface area (Å²) in [6.45, 7) is 1.25. The standard InChI is InChI=1S/C17H21N3O3/c1-20(17(21)19-13-14-7-5-6-10-18-14)11-12-23-16-9-4-3-8-15(16)22-2/h3-10H,11-13H2,1-2H3,(H,19,21). The van der Waals surface area contributed by atoms with Crippen molar-refractivity contribution < 1.29 is 14.3 Å². The van der Waals surface area contributed by atoms with Crippen molar-refractivity contribution >= 4 is 6.03 Å². The third-order valence-corrected chi connectivity index (χ3v) is 3.25. The Labute approximate surface area is 136 Å². The zero-order valence-corrected chi connectivity index (χ0v) is 13.4. The molecule has 0 saturated heterocycles. The molecular formula is C17H21N3O3. The van der Waals surface area contributed by atoms with Crippen molar-refractivity contribution in [3.05, 3.63) is 54.4 Å². The zero-order chi connectivity index (χ0) is 16.5. The van der Waals surface area contributed by atoms with Crippen LogP contribution in [0, 0.1) is 0 Å². The first-order chi connectivity index (χ1) is 11.2. The molecule has 0 aliphatic heterocycles. The van der Waals surface area contributed by atoms with Crippen LogP contribution in [0.4, 0.5) is 4.79 Å². The summed E-state index contributed by atoms with van der Waals surface area (Å²) in [5.74, 6) is 1.34. The summed E-state index contributed by atoms with van der Waals surface area (Å²) in [6, 6.07) is 12.8. The second kappa shape index (κ2) is 8.63. The molecule has 2 amide bonds. The Morgan fingerprint density at radius 2 is 1.91 bits per heavy atom. The van der Waals surface area contributed by atoms with E-state index in [2.05, 4.69) is 10.3 Å². The maximum absolute atomic E-state index is 12.0. The number of benzene rings is 1. The number of nitrogens with one attached hydrogen (secondary N) is 1. The molecule has 6 heteroatoms. The van der Waals surface area contributed by atoms with Crippen LogP contribution < -0.4 is 14.8 Å². The van der Waals surface area contributed by atoms with Crippen LogP contribution in [0.15, 0.2) is 48.7 Å². The molecule has 0 atom stereocenters. The van der Waals surface area contributed by atoms with Crippen molar-refractivity contribution in [2.75, 3.05) is 27.3 Å².